The fourth-order valence-electron chi connectivity index (χ4n) is 1.89. The highest BCUT2D eigenvalue weighted by Gasteiger charge is 2.14. The molecule has 0 amide bonds. The fourth-order valence-corrected chi connectivity index (χ4v) is 3.02. The van der Waals surface area contributed by atoms with Crippen LogP contribution < -0.4 is 4.74 Å². The SMILES string of the molecule is COc1c(C)cc(C)cc1-c1nc(C)c(S)s1. The molecule has 1 heterocycles. The van der Waals surface area contributed by atoms with Crippen LogP contribution in [0.5, 0.6) is 5.75 Å². The molecule has 2 aromatic rings. The Balaban J connectivity index is 2.65. The quantitative estimate of drug-likeness (QED) is 0.828. The van der Waals surface area contributed by atoms with E-state index in [4.69, 9.17) is 4.74 Å². The van der Waals surface area contributed by atoms with Gasteiger partial charge in [-0.15, -0.1) is 24.0 Å². The van der Waals surface area contributed by atoms with E-state index in [0.717, 1.165) is 31.8 Å². The summed E-state index contributed by atoms with van der Waals surface area (Å²) >= 11 is 5.99. The second-order valence-corrected chi connectivity index (χ2v) is 5.82. The van der Waals surface area contributed by atoms with Crippen molar-refractivity contribution in [3.63, 3.8) is 0 Å². The smallest absolute Gasteiger partial charge is 0.132 e. The van der Waals surface area contributed by atoms with E-state index >= 15 is 0 Å². The Bertz CT molecular complexity index is 541. The van der Waals surface area contributed by atoms with Gasteiger partial charge in [-0.1, -0.05) is 6.07 Å². The Kier molecular flexibility index (Phi) is 3.45. The maximum Gasteiger partial charge on any atom is 0.132 e. The standard InChI is InChI=1S/C13H15NOS2/c1-7-5-8(2)11(15-4)10(6-7)12-14-9(3)13(16)17-12/h5-6,16H,1-4H3. The van der Waals surface area contributed by atoms with Crippen LogP contribution in [0.15, 0.2) is 16.3 Å². The topological polar surface area (TPSA) is 22.1 Å². The summed E-state index contributed by atoms with van der Waals surface area (Å²) in [6, 6.07) is 4.22. The molecule has 2 nitrogen and oxygen atoms in total. The van der Waals surface area contributed by atoms with Gasteiger partial charge < -0.3 is 4.74 Å². The Morgan fingerprint density at radius 3 is 2.47 bits per heavy atom. The van der Waals surface area contributed by atoms with Crippen LogP contribution in [-0.2, 0) is 0 Å². The molecule has 1 aromatic heterocycles. The third kappa shape index (κ3) is 2.33. The van der Waals surface area contributed by atoms with Gasteiger partial charge in [0.15, 0.2) is 0 Å². The van der Waals surface area contributed by atoms with E-state index in [0.29, 0.717) is 0 Å². The van der Waals surface area contributed by atoms with Crippen LogP contribution in [0, 0.1) is 20.8 Å². The van der Waals surface area contributed by atoms with Gasteiger partial charge in [-0.25, -0.2) is 4.98 Å². The molecule has 0 bridgehead atoms. The highest BCUT2D eigenvalue weighted by Crippen LogP contribution is 2.38. The summed E-state index contributed by atoms with van der Waals surface area (Å²) in [5.41, 5.74) is 4.37. The average Bonchev–Trinajstić information content (AvgIpc) is 2.58. The van der Waals surface area contributed by atoms with Crippen LogP contribution in [0.3, 0.4) is 0 Å². The van der Waals surface area contributed by atoms with E-state index in [9.17, 15) is 0 Å². The van der Waals surface area contributed by atoms with Crippen molar-refractivity contribution in [3.8, 4) is 16.3 Å². The summed E-state index contributed by atoms with van der Waals surface area (Å²) in [4.78, 5) is 4.53. The maximum absolute atomic E-state index is 5.48. The van der Waals surface area contributed by atoms with Gasteiger partial charge in [-0.2, -0.15) is 0 Å². The summed E-state index contributed by atoms with van der Waals surface area (Å²) in [6.07, 6.45) is 0. The van der Waals surface area contributed by atoms with Gasteiger partial charge in [0.2, 0.25) is 0 Å². The number of thiol groups is 1. The molecule has 0 unspecified atom stereocenters. The van der Waals surface area contributed by atoms with Crippen molar-refractivity contribution in [2.75, 3.05) is 7.11 Å². The van der Waals surface area contributed by atoms with Crippen LogP contribution in [0.1, 0.15) is 16.8 Å². The van der Waals surface area contributed by atoms with E-state index in [1.165, 1.54) is 5.56 Å². The van der Waals surface area contributed by atoms with E-state index in [-0.39, 0.29) is 0 Å². The van der Waals surface area contributed by atoms with Crippen molar-refractivity contribution in [1.29, 1.82) is 0 Å². The minimum absolute atomic E-state index is 0.901. The molecule has 1 aromatic carbocycles. The number of nitrogens with zero attached hydrogens (tertiary/aromatic N) is 1. The molecule has 90 valence electrons. The summed E-state index contributed by atoms with van der Waals surface area (Å²) < 4.78 is 6.44. The predicted molar refractivity (Wildman–Crippen MR) is 75.6 cm³/mol. The second-order valence-electron chi connectivity index (χ2n) is 4.07. The molecule has 17 heavy (non-hydrogen) atoms. The Labute approximate surface area is 111 Å². The van der Waals surface area contributed by atoms with Crippen LogP contribution in [0.2, 0.25) is 0 Å². The molecule has 0 radical (unpaired) electrons. The second kappa shape index (κ2) is 4.70. The minimum atomic E-state index is 0.901. The highest BCUT2D eigenvalue weighted by molar-refractivity contribution is 7.83. The third-order valence-electron chi connectivity index (χ3n) is 2.63. The van der Waals surface area contributed by atoms with E-state index in [2.05, 4.69) is 43.6 Å². The highest BCUT2D eigenvalue weighted by atomic mass is 32.2. The van der Waals surface area contributed by atoms with Crippen molar-refractivity contribution in [3.05, 3.63) is 29.0 Å². The first kappa shape index (κ1) is 12.5. The number of methoxy groups -OCH3 is 1. The lowest BCUT2D eigenvalue weighted by Crippen LogP contribution is -1.92. The lowest BCUT2D eigenvalue weighted by atomic mass is 10.1. The largest absolute Gasteiger partial charge is 0.496 e. The van der Waals surface area contributed by atoms with E-state index < -0.39 is 0 Å². The molecule has 2 rings (SSSR count). The Hall–Kier alpha value is -1.000. The number of rotatable bonds is 2. The van der Waals surface area contributed by atoms with Crippen molar-refractivity contribution >= 4 is 24.0 Å². The molecular weight excluding hydrogens is 250 g/mol. The minimum Gasteiger partial charge on any atom is -0.496 e. The molecule has 0 fully saturated rings. The molecule has 0 aliphatic heterocycles. The summed E-state index contributed by atoms with van der Waals surface area (Å²) in [5, 5.41) is 0.969. The van der Waals surface area contributed by atoms with E-state index in [1.807, 2.05) is 6.92 Å². The molecular formula is C13H15NOS2. The maximum atomic E-state index is 5.48. The zero-order chi connectivity index (χ0) is 12.6. The molecule has 4 heteroatoms. The summed E-state index contributed by atoms with van der Waals surface area (Å²) in [7, 11) is 1.70. The lowest BCUT2D eigenvalue weighted by Gasteiger charge is -2.10. The number of thiazole rings is 1. The van der Waals surface area contributed by atoms with Crippen molar-refractivity contribution in [2.24, 2.45) is 0 Å². The Morgan fingerprint density at radius 1 is 1.24 bits per heavy atom. The number of hydrogen-bond donors (Lipinski definition) is 1. The first-order chi connectivity index (χ1) is 8.02. The molecule has 0 aliphatic rings. The predicted octanol–water partition coefficient (Wildman–Crippen LogP) is 4.03. The molecule has 0 spiro atoms. The first-order valence-corrected chi connectivity index (χ1v) is 6.61. The van der Waals surface area contributed by atoms with Gasteiger partial charge in [0.1, 0.15) is 10.8 Å². The first-order valence-electron chi connectivity index (χ1n) is 5.35. The van der Waals surface area contributed by atoms with Gasteiger partial charge in [0.05, 0.1) is 22.6 Å². The zero-order valence-corrected chi connectivity index (χ0v) is 12.1. The zero-order valence-electron chi connectivity index (χ0n) is 10.4. The number of benzene rings is 1. The molecule has 0 aliphatic carbocycles. The molecule has 0 saturated heterocycles. The van der Waals surface area contributed by atoms with Crippen molar-refractivity contribution < 1.29 is 4.74 Å². The Morgan fingerprint density at radius 2 is 1.94 bits per heavy atom. The number of aromatic nitrogens is 1. The number of aryl methyl sites for hydroxylation is 3. The van der Waals surface area contributed by atoms with Gasteiger partial charge >= 0.3 is 0 Å². The van der Waals surface area contributed by atoms with Gasteiger partial charge in [0, 0.05) is 0 Å². The van der Waals surface area contributed by atoms with Crippen LogP contribution in [0.25, 0.3) is 10.6 Å². The van der Waals surface area contributed by atoms with Crippen LogP contribution in [0.4, 0.5) is 0 Å². The van der Waals surface area contributed by atoms with Crippen LogP contribution in [-0.4, -0.2) is 12.1 Å². The van der Waals surface area contributed by atoms with E-state index in [1.54, 1.807) is 18.4 Å². The van der Waals surface area contributed by atoms with Gasteiger partial charge in [-0.05, 0) is 38.0 Å². The molecule has 0 saturated carbocycles. The normalized spacial score (nSPS) is 10.6. The summed E-state index contributed by atoms with van der Waals surface area (Å²) in [5.74, 6) is 0.901. The van der Waals surface area contributed by atoms with Crippen molar-refractivity contribution in [1.82, 2.24) is 4.98 Å². The number of hydrogen-bond acceptors (Lipinski definition) is 4. The molecule has 0 atom stereocenters. The average molecular weight is 265 g/mol. The third-order valence-corrected chi connectivity index (χ3v) is 4.22. The lowest BCUT2D eigenvalue weighted by molar-refractivity contribution is 0.413. The monoisotopic (exact) mass is 265 g/mol. The van der Waals surface area contributed by atoms with Crippen LogP contribution >= 0.6 is 24.0 Å². The van der Waals surface area contributed by atoms with Gasteiger partial charge in [-0.3, -0.25) is 0 Å². The van der Waals surface area contributed by atoms with Gasteiger partial charge in [0.25, 0.3) is 0 Å². The number of ether oxygens (including phenoxy) is 1. The van der Waals surface area contributed by atoms with Crippen molar-refractivity contribution in [2.45, 2.75) is 25.0 Å². The molecule has 0 N–H and O–H groups in total. The summed E-state index contributed by atoms with van der Waals surface area (Å²) in [6.45, 7) is 6.10. The fraction of sp³-hybridized carbons (Fsp3) is 0.308.